The van der Waals surface area contributed by atoms with E-state index in [1.807, 2.05) is 6.92 Å². The van der Waals surface area contributed by atoms with Crippen molar-refractivity contribution < 1.29 is 23.8 Å². The lowest BCUT2D eigenvalue weighted by molar-refractivity contribution is -0.139. The third-order valence-corrected chi connectivity index (χ3v) is 5.23. The number of allylic oxidation sites excluding steroid dienone is 2. The van der Waals surface area contributed by atoms with Crippen LogP contribution in [0.2, 0.25) is 0 Å². The lowest BCUT2D eigenvalue weighted by Crippen LogP contribution is -2.27. The molecule has 8 heteroatoms. The molecular weight excluding hydrogens is 424 g/mol. The van der Waals surface area contributed by atoms with Gasteiger partial charge in [0, 0.05) is 22.7 Å². The summed E-state index contributed by atoms with van der Waals surface area (Å²) in [5.74, 6) is -0.760. The van der Waals surface area contributed by atoms with Crippen molar-refractivity contribution in [3.05, 3.63) is 82.3 Å². The fraction of sp³-hybridized carbons (Fsp3) is 0.160. The molecule has 0 amide bonds. The highest BCUT2D eigenvalue weighted by molar-refractivity contribution is 6.06. The third-order valence-electron chi connectivity index (χ3n) is 5.23. The Hall–Kier alpha value is -4.33. The van der Waals surface area contributed by atoms with Crippen LogP contribution < -0.4 is 15.1 Å². The van der Waals surface area contributed by atoms with Gasteiger partial charge in [-0.05, 0) is 55.5 Å². The first-order chi connectivity index (χ1) is 16.0. The summed E-state index contributed by atoms with van der Waals surface area (Å²) in [6, 6.07) is 10.4. The Balaban J connectivity index is 1.90. The number of methoxy groups -OCH3 is 2. The molecule has 0 saturated carbocycles. The number of hydrogen-bond donors (Lipinski definition) is 1. The van der Waals surface area contributed by atoms with Gasteiger partial charge in [0.2, 0.25) is 0 Å². The Kier molecular flexibility index (Phi) is 5.99. The number of carbonyl (C=O) groups is 2. The zero-order chi connectivity index (χ0) is 23.5. The number of aromatic amines is 1. The SMILES string of the molecule is CCOc1ccc2[nH]c3cc(N4C=CC=CC(C(=O)OC)=C4C(=O)OC)ccc3c(=O)c2c1. The van der Waals surface area contributed by atoms with E-state index in [-0.39, 0.29) is 16.7 Å². The molecule has 0 saturated heterocycles. The van der Waals surface area contributed by atoms with E-state index >= 15 is 0 Å². The molecule has 0 unspecified atom stereocenters. The van der Waals surface area contributed by atoms with E-state index in [4.69, 9.17) is 14.2 Å². The highest BCUT2D eigenvalue weighted by Crippen LogP contribution is 2.29. The fourth-order valence-electron chi connectivity index (χ4n) is 3.72. The third kappa shape index (κ3) is 3.98. The summed E-state index contributed by atoms with van der Waals surface area (Å²) in [7, 11) is 2.48. The van der Waals surface area contributed by atoms with E-state index in [2.05, 4.69) is 4.98 Å². The number of anilines is 1. The van der Waals surface area contributed by atoms with Gasteiger partial charge in [-0.15, -0.1) is 0 Å². The van der Waals surface area contributed by atoms with Crippen molar-refractivity contribution in [1.29, 1.82) is 0 Å². The molecule has 0 fully saturated rings. The number of carbonyl (C=O) groups excluding carboxylic acids is 2. The van der Waals surface area contributed by atoms with Crippen LogP contribution in [0.1, 0.15) is 6.92 Å². The number of pyridine rings is 1. The van der Waals surface area contributed by atoms with Crippen LogP contribution in [0.25, 0.3) is 21.8 Å². The molecule has 1 aliphatic heterocycles. The number of fused-ring (bicyclic) bond motifs is 2. The van der Waals surface area contributed by atoms with E-state index in [9.17, 15) is 14.4 Å². The minimum absolute atomic E-state index is 0.00167. The maximum Gasteiger partial charge on any atom is 0.355 e. The van der Waals surface area contributed by atoms with Crippen LogP contribution in [0.4, 0.5) is 5.69 Å². The van der Waals surface area contributed by atoms with Crippen LogP contribution in [0.15, 0.2) is 76.9 Å². The van der Waals surface area contributed by atoms with Gasteiger partial charge in [0.15, 0.2) is 5.43 Å². The maximum absolute atomic E-state index is 13.1. The van der Waals surface area contributed by atoms with Crippen molar-refractivity contribution in [3.63, 3.8) is 0 Å². The summed E-state index contributed by atoms with van der Waals surface area (Å²) in [5, 5.41) is 0.997. The molecule has 3 aromatic rings. The number of rotatable bonds is 5. The van der Waals surface area contributed by atoms with Gasteiger partial charge >= 0.3 is 11.9 Å². The van der Waals surface area contributed by atoms with Gasteiger partial charge in [-0.3, -0.25) is 4.79 Å². The summed E-state index contributed by atoms with van der Waals surface area (Å²) in [4.78, 5) is 42.9. The molecule has 1 aromatic heterocycles. The van der Waals surface area contributed by atoms with Gasteiger partial charge in [0.1, 0.15) is 11.4 Å². The number of nitrogens with one attached hydrogen (secondary N) is 1. The minimum Gasteiger partial charge on any atom is -0.494 e. The summed E-state index contributed by atoms with van der Waals surface area (Å²) >= 11 is 0. The Morgan fingerprint density at radius 2 is 1.73 bits per heavy atom. The fourth-order valence-corrected chi connectivity index (χ4v) is 3.72. The van der Waals surface area contributed by atoms with Crippen molar-refractivity contribution in [2.75, 3.05) is 25.7 Å². The van der Waals surface area contributed by atoms with Crippen LogP contribution in [-0.2, 0) is 19.1 Å². The normalized spacial score (nSPS) is 13.4. The molecule has 0 aliphatic carbocycles. The summed E-state index contributed by atoms with van der Waals surface area (Å²) in [6.45, 7) is 2.38. The average Bonchev–Trinajstić information content (AvgIpc) is 3.06. The molecule has 168 valence electrons. The van der Waals surface area contributed by atoms with Gasteiger partial charge in [-0.1, -0.05) is 6.08 Å². The van der Waals surface area contributed by atoms with E-state index in [1.54, 1.807) is 54.8 Å². The lowest BCUT2D eigenvalue weighted by Gasteiger charge is -2.23. The number of esters is 2. The lowest BCUT2D eigenvalue weighted by atomic mass is 10.1. The summed E-state index contributed by atoms with van der Waals surface area (Å²) in [6.07, 6.45) is 6.43. The maximum atomic E-state index is 13.1. The largest absolute Gasteiger partial charge is 0.494 e. The highest BCUT2D eigenvalue weighted by Gasteiger charge is 2.27. The molecule has 0 bridgehead atoms. The van der Waals surface area contributed by atoms with Crippen molar-refractivity contribution in [3.8, 4) is 5.75 Å². The molecule has 1 N–H and O–H groups in total. The first-order valence-electron chi connectivity index (χ1n) is 10.3. The number of H-pyrrole nitrogens is 1. The topological polar surface area (TPSA) is 97.9 Å². The second-order valence-corrected chi connectivity index (χ2v) is 7.14. The number of aromatic nitrogens is 1. The molecular formula is C25H22N2O6. The van der Waals surface area contributed by atoms with Crippen molar-refractivity contribution in [2.45, 2.75) is 6.92 Å². The first-order valence-corrected chi connectivity index (χ1v) is 10.3. The smallest absolute Gasteiger partial charge is 0.355 e. The first kappa shape index (κ1) is 21.9. The Bertz CT molecular complexity index is 1410. The van der Waals surface area contributed by atoms with E-state index in [0.29, 0.717) is 39.8 Å². The Morgan fingerprint density at radius 1 is 0.939 bits per heavy atom. The number of benzene rings is 2. The zero-order valence-corrected chi connectivity index (χ0v) is 18.4. The molecule has 1 aliphatic rings. The second-order valence-electron chi connectivity index (χ2n) is 7.14. The molecule has 2 aromatic carbocycles. The zero-order valence-electron chi connectivity index (χ0n) is 18.4. The molecule has 4 rings (SSSR count). The van der Waals surface area contributed by atoms with E-state index in [0.717, 1.165) is 0 Å². The second kappa shape index (κ2) is 9.04. The van der Waals surface area contributed by atoms with Gasteiger partial charge in [-0.25, -0.2) is 9.59 Å². The molecule has 0 atom stereocenters. The number of nitrogens with zero attached hydrogens (tertiary/aromatic N) is 1. The van der Waals surface area contributed by atoms with Crippen LogP contribution >= 0.6 is 0 Å². The van der Waals surface area contributed by atoms with Crippen molar-refractivity contribution in [1.82, 2.24) is 4.98 Å². The van der Waals surface area contributed by atoms with Gasteiger partial charge in [0.25, 0.3) is 0 Å². The van der Waals surface area contributed by atoms with E-state index in [1.165, 1.54) is 25.2 Å². The highest BCUT2D eigenvalue weighted by atomic mass is 16.5. The summed E-state index contributed by atoms with van der Waals surface area (Å²) < 4.78 is 15.3. The summed E-state index contributed by atoms with van der Waals surface area (Å²) in [5.41, 5.74) is 1.68. The Labute approximate surface area is 189 Å². The van der Waals surface area contributed by atoms with Crippen LogP contribution in [0, 0.1) is 0 Å². The molecule has 0 radical (unpaired) electrons. The number of ether oxygens (including phenoxy) is 3. The predicted octanol–water partition coefficient (Wildman–Crippen LogP) is 3.57. The van der Waals surface area contributed by atoms with E-state index < -0.39 is 11.9 Å². The Morgan fingerprint density at radius 3 is 2.45 bits per heavy atom. The monoisotopic (exact) mass is 446 g/mol. The molecule has 0 spiro atoms. The van der Waals surface area contributed by atoms with Crippen LogP contribution in [0.3, 0.4) is 0 Å². The molecule has 8 nitrogen and oxygen atoms in total. The van der Waals surface area contributed by atoms with Crippen molar-refractivity contribution >= 4 is 39.4 Å². The van der Waals surface area contributed by atoms with Gasteiger partial charge in [0.05, 0.1) is 37.4 Å². The van der Waals surface area contributed by atoms with Crippen LogP contribution in [0.5, 0.6) is 5.75 Å². The average molecular weight is 446 g/mol. The van der Waals surface area contributed by atoms with Gasteiger partial charge in [-0.2, -0.15) is 0 Å². The molecule has 33 heavy (non-hydrogen) atoms. The molecule has 2 heterocycles. The van der Waals surface area contributed by atoms with Crippen LogP contribution in [-0.4, -0.2) is 37.7 Å². The van der Waals surface area contributed by atoms with Gasteiger partial charge < -0.3 is 24.1 Å². The van der Waals surface area contributed by atoms with Crippen molar-refractivity contribution in [2.24, 2.45) is 0 Å². The quantitative estimate of drug-likeness (QED) is 0.473. The standard InChI is InChI=1S/C25H22N2O6/c1-4-33-16-9-11-20-19(14-16)23(28)17-10-8-15(13-21(17)26-20)27-12-6-5-7-18(24(29)31-2)22(27)25(30)32-3/h5-14H,4H2,1-3H3,(H,26,28). The minimum atomic E-state index is -0.706. The predicted molar refractivity (Wildman–Crippen MR) is 125 cm³/mol. The number of hydrogen-bond acceptors (Lipinski definition) is 7.